The van der Waals surface area contributed by atoms with Crippen molar-refractivity contribution in [3.63, 3.8) is 0 Å². The molecule has 3 rings (SSSR count). The van der Waals surface area contributed by atoms with Gasteiger partial charge < -0.3 is 15.5 Å². The Morgan fingerprint density at radius 3 is 2.50 bits per heavy atom. The van der Waals surface area contributed by atoms with Crippen LogP contribution >= 0.6 is 0 Å². The first-order valence-corrected chi connectivity index (χ1v) is 8.81. The van der Waals surface area contributed by atoms with Crippen LogP contribution in [0.1, 0.15) is 32.1 Å². The van der Waals surface area contributed by atoms with Gasteiger partial charge in [-0.2, -0.15) is 0 Å². The molecule has 4 heteroatoms. The predicted molar refractivity (Wildman–Crippen MR) is 100 cm³/mol. The van der Waals surface area contributed by atoms with Gasteiger partial charge in [-0.25, -0.2) is 4.79 Å². The Labute approximate surface area is 144 Å². The van der Waals surface area contributed by atoms with E-state index in [0.29, 0.717) is 6.54 Å². The molecule has 0 bridgehead atoms. The number of amides is 2. The molecule has 0 saturated heterocycles. The molecule has 2 amide bonds. The fourth-order valence-corrected chi connectivity index (χ4v) is 3.74. The molecule has 0 radical (unpaired) electrons. The first kappa shape index (κ1) is 16.8. The summed E-state index contributed by atoms with van der Waals surface area (Å²) in [5.41, 5.74) is 0.946. The number of urea groups is 1. The van der Waals surface area contributed by atoms with Crippen molar-refractivity contribution in [2.75, 3.05) is 26.0 Å². The van der Waals surface area contributed by atoms with Crippen molar-refractivity contribution in [3.05, 3.63) is 42.5 Å². The number of carbonyl (C=O) groups is 1. The molecular formula is C20H27N3O. The Balaban J connectivity index is 1.67. The van der Waals surface area contributed by atoms with E-state index in [-0.39, 0.29) is 11.6 Å². The van der Waals surface area contributed by atoms with Crippen molar-refractivity contribution in [2.45, 2.75) is 37.6 Å². The second kappa shape index (κ2) is 7.22. The summed E-state index contributed by atoms with van der Waals surface area (Å²) >= 11 is 0. The third-order valence-electron chi connectivity index (χ3n) is 5.35. The van der Waals surface area contributed by atoms with Crippen molar-refractivity contribution in [3.8, 4) is 0 Å². The molecule has 0 aromatic heterocycles. The van der Waals surface area contributed by atoms with Crippen LogP contribution in [0.25, 0.3) is 10.8 Å². The molecule has 0 heterocycles. The lowest BCUT2D eigenvalue weighted by Gasteiger charge is -2.43. The van der Waals surface area contributed by atoms with Crippen molar-refractivity contribution in [1.29, 1.82) is 0 Å². The van der Waals surface area contributed by atoms with E-state index in [2.05, 4.69) is 41.8 Å². The number of rotatable bonds is 4. The van der Waals surface area contributed by atoms with Crippen molar-refractivity contribution < 1.29 is 4.79 Å². The first-order valence-electron chi connectivity index (χ1n) is 8.81. The molecule has 128 valence electrons. The second-order valence-corrected chi connectivity index (χ2v) is 7.01. The standard InChI is InChI=1S/C20H27N3O/c1-23(2)20(13-6-3-7-14-20)15-21-19(24)22-18-12-8-10-16-9-4-5-11-17(16)18/h4-5,8-12H,3,6-7,13-15H2,1-2H3,(H2,21,22,24). The van der Waals surface area contributed by atoms with Gasteiger partial charge in [0.25, 0.3) is 0 Å². The fourth-order valence-electron chi connectivity index (χ4n) is 3.74. The van der Waals surface area contributed by atoms with Crippen LogP contribution in [0.4, 0.5) is 10.5 Å². The topological polar surface area (TPSA) is 44.4 Å². The van der Waals surface area contributed by atoms with Crippen LogP contribution in [0.5, 0.6) is 0 Å². The lowest BCUT2D eigenvalue weighted by Crippen LogP contribution is -2.54. The maximum absolute atomic E-state index is 12.4. The molecule has 0 unspecified atom stereocenters. The summed E-state index contributed by atoms with van der Waals surface area (Å²) in [5, 5.41) is 8.30. The number of carbonyl (C=O) groups excluding carboxylic acids is 1. The highest BCUT2D eigenvalue weighted by Gasteiger charge is 2.34. The summed E-state index contributed by atoms with van der Waals surface area (Å²) in [7, 11) is 4.24. The average molecular weight is 325 g/mol. The minimum atomic E-state index is -0.127. The van der Waals surface area contributed by atoms with Crippen LogP contribution < -0.4 is 10.6 Å². The Bertz CT molecular complexity index is 700. The number of hydrogen-bond acceptors (Lipinski definition) is 2. The van der Waals surface area contributed by atoms with Gasteiger partial charge >= 0.3 is 6.03 Å². The third-order valence-corrected chi connectivity index (χ3v) is 5.35. The summed E-state index contributed by atoms with van der Waals surface area (Å²) in [6.45, 7) is 0.691. The van der Waals surface area contributed by atoms with Gasteiger partial charge in [-0.05, 0) is 38.4 Å². The van der Waals surface area contributed by atoms with Crippen LogP contribution in [0.15, 0.2) is 42.5 Å². The highest BCUT2D eigenvalue weighted by Crippen LogP contribution is 2.31. The molecule has 1 fully saturated rings. The summed E-state index contributed by atoms with van der Waals surface area (Å²) in [5.74, 6) is 0. The molecule has 2 aromatic rings. The van der Waals surface area contributed by atoms with Gasteiger partial charge in [0.15, 0.2) is 0 Å². The van der Waals surface area contributed by atoms with Crippen molar-refractivity contribution in [1.82, 2.24) is 10.2 Å². The van der Waals surface area contributed by atoms with Crippen molar-refractivity contribution in [2.24, 2.45) is 0 Å². The molecule has 4 nitrogen and oxygen atoms in total. The Morgan fingerprint density at radius 2 is 1.75 bits per heavy atom. The number of benzene rings is 2. The zero-order valence-corrected chi connectivity index (χ0v) is 14.6. The van der Waals surface area contributed by atoms with E-state index < -0.39 is 0 Å². The van der Waals surface area contributed by atoms with Crippen LogP contribution in [0.2, 0.25) is 0 Å². The Hall–Kier alpha value is -2.07. The molecular weight excluding hydrogens is 298 g/mol. The number of anilines is 1. The van der Waals surface area contributed by atoms with E-state index in [1.165, 1.54) is 19.3 Å². The van der Waals surface area contributed by atoms with E-state index in [4.69, 9.17) is 0 Å². The van der Waals surface area contributed by atoms with E-state index in [0.717, 1.165) is 29.3 Å². The van der Waals surface area contributed by atoms with Crippen LogP contribution in [0.3, 0.4) is 0 Å². The van der Waals surface area contributed by atoms with Gasteiger partial charge in [-0.3, -0.25) is 0 Å². The minimum absolute atomic E-state index is 0.0916. The highest BCUT2D eigenvalue weighted by molar-refractivity contribution is 6.01. The average Bonchev–Trinajstić information content (AvgIpc) is 2.61. The second-order valence-electron chi connectivity index (χ2n) is 7.01. The van der Waals surface area contributed by atoms with Gasteiger partial charge in [0, 0.05) is 17.5 Å². The van der Waals surface area contributed by atoms with Crippen molar-refractivity contribution >= 4 is 22.5 Å². The monoisotopic (exact) mass is 325 g/mol. The van der Waals surface area contributed by atoms with Crippen LogP contribution in [0, 0.1) is 0 Å². The zero-order valence-electron chi connectivity index (χ0n) is 14.6. The molecule has 1 aliphatic carbocycles. The smallest absolute Gasteiger partial charge is 0.319 e. The van der Waals surface area contributed by atoms with E-state index >= 15 is 0 Å². The molecule has 1 aliphatic rings. The maximum atomic E-state index is 12.4. The van der Waals surface area contributed by atoms with Gasteiger partial charge in [-0.1, -0.05) is 55.7 Å². The van der Waals surface area contributed by atoms with Crippen LogP contribution in [-0.4, -0.2) is 37.1 Å². The van der Waals surface area contributed by atoms with Gasteiger partial charge in [0.1, 0.15) is 0 Å². The molecule has 2 N–H and O–H groups in total. The molecule has 0 atom stereocenters. The predicted octanol–water partition coefficient (Wildman–Crippen LogP) is 4.23. The largest absolute Gasteiger partial charge is 0.336 e. The SMILES string of the molecule is CN(C)C1(CNC(=O)Nc2cccc3ccccc23)CCCCC1. The highest BCUT2D eigenvalue weighted by atomic mass is 16.2. The van der Waals surface area contributed by atoms with Crippen LogP contribution in [-0.2, 0) is 0 Å². The van der Waals surface area contributed by atoms with Gasteiger partial charge in [0.05, 0.1) is 5.69 Å². The van der Waals surface area contributed by atoms with E-state index in [1.54, 1.807) is 0 Å². The lowest BCUT2D eigenvalue weighted by atomic mass is 9.80. The normalized spacial score (nSPS) is 17.0. The number of fused-ring (bicyclic) bond motifs is 1. The third kappa shape index (κ3) is 3.54. The Morgan fingerprint density at radius 1 is 1.04 bits per heavy atom. The quantitative estimate of drug-likeness (QED) is 0.884. The van der Waals surface area contributed by atoms with E-state index in [1.807, 2.05) is 30.3 Å². The Kier molecular flexibility index (Phi) is 5.05. The lowest BCUT2D eigenvalue weighted by molar-refractivity contribution is 0.101. The first-order chi connectivity index (χ1) is 11.6. The molecule has 2 aromatic carbocycles. The van der Waals surface area contributed by atoms with Gasteiger partial charge in [0.2, 0.25) is 0 Å². The molecule has 0 spiro atoms. The minimum Gasteiger partial charge on any atom is -0.336 e. The number of likely N-dealkylation sites (N-methyl/N-ethyl adjacent to an activating group) is 1. The maximum Gasteiger partial charge on any atom is 0.319 e. The molecule has 24 heavy (non-hydrogen) atoms. The summed E-state index contributed by atoms with van der Waals surface area (Å²) < 4.78 is 0. The molecule has 1 saturated carbocycles. The number of nitrogens with zero attached hydrogens (tertiary/aromatic N) is 1. The van der Waals surface area contributed by atoms with E-state index in [9.17, 15) is 4.79 Å². The summed E-state index contributed by atoms with van der Waals surface area (Å²) in [6.07, 6.45) is 6.08. The number of nitrogens with one attached hydrogen (secondary N) is 2. The number of hydrogen-bond donors (Lipinski definition) is 2. The molecule has 0 aliphatic heterocycles. The fraction of sp³-hybridized carbons (Fsp3) is 0.450. The summed E-state index contributed by atoms with van der Waals surface area (Å²) in [6, 6.07) is 13.9. The van der Waals surface area contributed by atoms with Gasteiger partial charge in [-0.15, -0.1) is 0 Å². The zero-order chi connectivity index (χ0) is 17.0. The summed E-state index contributed by atoms with van der Waals surface area (Å²) in [4.78, 5) is 14.7.